The van der Waals surface area contributed by atoms with Gasteiger partial charge in [0.05, 0.1) is 5.51 Å². The number of thiazole rings is 1. The van der Waals surface area contributed by atoms with E-state index in [-0.39, 0.29) is 10.8 Å². The summed E-state index contributed by atoms with van der Waals surface area (Å²) in [7, 11) is -3.92. The quantitative estimate of drug-likeness (QED) is 0.838. The number of rotatable bonds is 5. The van der Waals surface area contributed by atoms with Crippen molar-refractivity contribution in [2.45, 2.75) is 30.5 Å². The molecule has 0 atom stereocenters. The fourth-order valence-corrected chi connectivity index (χ4v) is 4.51. The summed E-state index contributed by atoms with van der Waals surface area (Å²) in [6.45, 7) is 8.83. The summed E-state index contributed by atoms with van der Waals surface area (Å²) >= 11 is 0.799. The van der Waals surface area contributed by atoms with Gasteiger partial charge in [-0.3, -0.25) is 0 Å². The van der Waals surface area contributed by atoms with Crippen molar-refractivity contribution in [2.24, 2.45) is 0 Å². The molecule has 8 heteroatoms. The molecule has 0 saturated carbocycles. The Balaban J connectivity index is 3.39. The normalized spacial score (nSPS) is 12.6. The van der Waals surface area contributed by atoms with E-state index >= 15 is 0 Å². The number of nitrogens with zero attached hydrogens (tertiary/aromatic N) is 2. The van der Waals surface area contributed by atoms with E-state index in [9.17, 15) is 13.2 Å². The maximum atomic E-state index is 12.5. The predicted octanol–water partition coefficient (Wildman–Crippen LogP) is 1.82. The van der Waals surface area contributed by atoms with Crippen LogP contribution in [0.4, 0.5) is 0 Å². The number of hydrogen-bond acceptors (Lipinski definition) is 5. The van der Waals surface area contributed by atoms with Gasteiger partial charge in [-0.1, -0.05) is 6.08 Å². The number of carboxylic acid groups (broad SMARTS) is 1. The maximum absolute atomic E-state index is 12.5. The molecule has 1 aromatic rings. The van der Waals surface area contributed by atoms with Crippen LogP contribution in [0.3, 0.4) is 0 Å². The van der Waals surface area contributed by atoms with E-state index in [4.69, 9.17) is 5.11 Å². The third kappa shape index (κ3) is 3.20. The SMILES string of the molecule is C=CCN(C(C)(C)C)S(=O)(=O)c1scnc1C(=O)O. The highest BCUT2D eigenvalue weighted by atomic mass is 32.2. The van der Waals surface area contributed by atoms with Gasteiger partial charge in [0.1, 0.15) is 0 Å². The van der Waals surface area contributed by atoms with Crippen molar-refractivity contribution < 1.29 is 18.3 Å². The largest absolute Gasteiger partial charge is 0.476 e. The minimum Gasteiger partial charge on any atom is -0.476 e. The molecule has 6 nitrogen and oxygen atoms in total. The molecule has 0 fully saturated rings. The van der Waals surface area contributed by atoms with Crippen LogP contribution < -0.4 is 0 Å². The Labute approximate surface area is 116 Å². The fraction of sp³-hybridized carbons (Fsp3) is 0.455. The van der Waals surface area contributed by atoms with Crippen LogP contribution in [0.5, 0.6) is 0 Å². The number of carboxylic acids is 1. The van der Waals surface area contributed by atoms with E-state index in [2.05, 4.69) is 11.6 Å². The molecule has 0 aliphatic heterocycles. The summed E-state index contributed by atoms with van der Waals surface area (Å²) in [5.74, 6) is -1.35. The minimum atomic E-state index is -3.92. The molecular formula is C11H16N2O4S2. The molecule has 0 bridgehead atoms. The summed E-state index contributed by atoms with van der Waals surface area (Å²) in [6, 6.07) is 0. The fourth-order valence-electron chi connectivity index (χ4n) is 1.51. The second-order valence-electron chi connectivity index (χ2n) is 4.79. The van der Waals surface area contributed by atoms with Crippen molar-refractivity contribution in [2.75, 3.05) is 6.54 Å². The van der Waals surface area contributed by atoms with Gasteiger partial charge in [-0.05, 0) is 20.8 Å². The van der Waals surface area contributed by atoms with Crippen LogP contribution in [0.2, 0.25) is 0 Å². The first-order valence-corrected chi connectivity index (χ1v) is 7.75. The molecule has 19 heavy (non-hydrogen) atoms. The Morgan fingerprint density at radius 2 is 2.16 bits per heavy atom. The lowest BCUT2D eigenvalue weighted by Crippen LogP contribution is -2.45. The molecule has 0 unspecified atom stereocenters. The zero-order valence-corrected chi connectivity index (χ0v) is 12.6. The number of aromatic nitrogens is 1. The van der Waals surface area contributed by atoms with Crippen molar-refractivity contribution in [1.29, 1.82) is 0 Å². The average Bonchev–Trinajstić information content (AvgIpc) is 2.73. The Bertz CT molecular complexity index is 584. The number of sulfonamides is 1. The van der Waals surface area contributed by atoms with Crippen molar-refractivity contribution in [1.82, 2.24) is 9.29 Å². The maximum Gasteiger partial charge on any atom is 0.356 e. The molecular weight excluding hydrogens is 288 g/mol. The minimum absolute atomic E-state index is 0.1000. The van der Waals surface area contributed by atoms with E-state index in [1.807, 2.05) is 0 Å². The van der Waals surface area contributed by atoms with Gasteiger partial charge in [0.25, 0.3) is 10.0 Å². The zero-order chi connectivity index (χ0) is 14.8. The van der Waals surface area contributed by atoms with Crippen LogP contribution in [-0.2, 0) is 10.0 Å². The predicted molar refractivity (Wildman–Crippen MR) is 72.9 cm³/mol. The van der Waals surface area contributed by atoms with Crippen LogP contribution in [-0.4, -0.2) is 40.9 Å². The lowest BCUT2D eigenvalue weighted by Gasteiger charge is -2.33. The number of aromatic carboxylic acids is 1. The summed E-state index contributed by atoms with van der Waals surface area (Å²) < 4.78 is 26.0. The first-order valence-electron chi connectivity index (χ1n) is 5.43. The Morgan fingerprint density at radius 3 is 2.58 bits per heavy atom. The molecule has 0 aromatic carbocycles. The second-order valence-corrected chi connectivity index (χ2v) is 7.70. The molecule has 0 spiro atoms. The zero-order valence-electron chi connectivity index (χ0n) is 11.0. The Hall–Kier alpha value is -1.25. The van der Waals surface area contributed by atoms with Crippen LogP contribution in [0, 0.1) is 0 Å². The number of carbonyl (C=O) groups is 1. The summed E-state index contributed by atoms with van der Waals surface area (Å²) in [5, 5.41) is 8.97. The standard InChI is InChI=1S/C11H16N2O4S2/c1-5-6-13(11(2,3)4)19(16,17)10-8(9(14)15)12-7-18-10/h5,7H,1,6H2,2-4H3,(H,14,15). The molecule has 0 radical (unpaired) electrons. The molecule has 0 aliphatic rings. The van der Waals surface area contributed by atoms with E-state index < -0.39 is 27.2 Å². The smallest absolute Gasteiger partial charge is 0.356 e. The monoisotopic (exact) mass is 304 g/mol. The van der Waals surface area contributed by atoms with E-state index in [0.29, 0.717) is 0 Å². The van der Waals surface area contributed by atoms with E-state index in [1.165, 1.54) is 15.9 Å². The topological polar surface area (TPSA) is 87.6 Å². The summed E-state index contributed by atoms with van der Waals surface area (Å²) in [6.07, 6.45) is 1.46. The van der Waals surface area contributed by atoms with Gasteiger partial charge in [0.2, 0.25) is 0 Å². The van der Waals surface area contributed by atoms with Gasteiger partial charge in [0.15, 0.2) is 9.90 Å². The van der Waals surface area contributed by atoms with Crippen molar-refractivity contribution in [3.05, 3.63) is 23.9 Å². The Morgan fingerprint density at radius 1 is 1.58 bits per heavy atom. The van der Waals surface area contributed by atoms with Crippen LogP contribution in [0.15, 0.2) is 22.4 Å². The van der Waals surface area contributed by atoms with Gasteiger partial charge in [0, 0.05) is 12.1 Å². The van der Waals surface area contributed by atoms with Crippen LogP contribution in [0.25, 0.3) is 0 Å². The van der Waals surface area contributed by atoms with Crippen LogP contribution in [0.1, 0.15) is 31.3 Å². The molecule has 106 valence electrons. The van der Waals surface area contributed by atoms with E-state index in [0.717, 1.165) is 11.3 Å². The van der Waals surface area contributed by atoms with Gasteiger partial charge < -0.3 is 5.11 Å². The summed E-state index contributed by atoms with van der Waals surface area (Å²) in [5.41, 5.74) is 0.0843. The van der Waals surface area contributed by atoms with Gasteiger partial charge in [-0.25, -0.2) is 18.2 Å². The average molecular weight is 304 g/mol. The third-order valence-corrected chi connectivity index (χ3v) is 5.78. The highest BCUT2D eigenvalue weighted by molar-refractivity contribution is 7.91. The number of hydrogen-bond donors (Lipinski definition) is 1. The molecule has 0 aliphatic carbocycles. The molecule has 1 aromatic heterocycles. The highest BCUT2D eigenvalue weighted by Crippen LogP contribution is 2.29. The lowest BCUT2D eigenvalue weighted by atomic mass is 10.1. The van der Waals surface area contributed by atoms with Crippen molar-refractivity contribution in [3.8, 4) is 0 Å². The lowest BCUT2D eigenvalue weighted by molar-refractivity contribution is 0.0687. The van der Waals surface area contributed by atoms with Gasteiger partial charge in [-0.15, -0.1) is 17.9 Å². The van der Waals surface area contributed by atoms with E-state index in [1.54, 1.807) is 20.8 Å². The van der Waals surface area contributed by atoms with Crippen LogP contribution >= 0.6 is 11.3 Å². The summed E-state index contributed by atoms with van der Waals surface area (Å²) in [4.78, 5) is 14.6. The van der Waals surface area contributed by atoms with Crippen molar-refractivity contribution in [3.63, 3.8) is 0 Å². The molecule has 1 N–H and O–H groups in total. The molecule has 1 heterocycles. The Kier molecular flexibility index (Phi) is 4.49. The molecule has 1 rings (SSSR count). The van der Waals surface area contributed by atoms with Crippen molar-refractivity contribution >= 4 is 27.3 Å². The first kappa shape index (κ1) is 15.8. The highest BCUT2D eigenvalue weighted by Gasteiger charge is 2.37. The molecule has 0 amide bonds. The molecule has 0 saturated heterocycles. The van der Waals surface area contributed by atoms with Gasteiger partial charge in [-0.2, -0.15) is 4.31 Å². The first-order chi connectivity index (χ1) is 8.62. The second kappa shape index (κ2) is 5.40. The third-order valence-electron chi connectivity index (χ3n) is 2.31. The van der Waals surface area contributed by atoms with Gasteiger partial charge >= 0.3 is 5.97 Å².